The molecule has 0 aliphatic carbocycles. The van der Waals surface area contributed by atoms with Crippen molar-refractivity contribution >= 4 is 34.4 Å². The standard InChI is InChI=1S/C20H21N5O2S/c26-20(13-25-5-7-27-8-6-25)24-17-3-1-2-16(10-17)23-19-12-21-18(11-22-19)15-4-9-28-14-15/h1-4,9-12,14H,5-8,13H2,(H,22,23)(H,24,26). The largest absolute Gasteiger partial charge is 0.379 e. The Morgan fingerprint density at radius 3 is 2.75 bits per heavy atom. The fraction of sp³-hybridized carbons (Fsp3) is 0.250. The number of aromatic nitrogens is 2. The molecule has 2 aromatic heterocycles. The van der Waals surface area contributed by atoms with E-state index in [-0.39, 0.29) is 5.91 Å². The number of anilines is 3. The first-order valence-electron chi connectivity index (χ1n) is 9.08. The summed E-state index contributed by atoms with van der Waals surface area (Å²) < 4.78 is 5.31. The SMILES string of the molecule is O=C(CN1CCOCC1)Nc1cccc(Nc2cnc(-c3ccsc3)cn2)c1. The molecule has 1 aliphatic rings. The Morgan fingerprint density at radius 2 is 2.00 bits per heavy atom. The van der Waals surface area contributed by atoms with Gasteiger partial charge in [-0.2, -0.15) is 11.3 Å². The smallest absolute Gasteiger partial charge is 0.238 e. The number of ether oxygens (including phenoxy) is 1. The molecule has 0 atom stereocenters. The molecular weight excluding hydrogens is 374 g/mol. The molecule has 2 N–H and O–H groups in total. The number of benzene rings is 1. The third kappa shape index (κ3) is 4.92. The van der Waals surface area contributed by atoms with Gasteiger partial charge in [0.05, 0.1) is 37.8 Å². The third-order valence-electron chi connectivity index (χ3n) is 4.36. The van der Waals surface area contributed by atoms with Crippen LogP contribution in [0.3, 0.4) is 0 Å². The van der Waals surface area contributed by atoms with Crippen LogP contribution < -0.4 is 10.6 Å². The summed E-state index contributed by atoms with van der Waals surface area (Å²) in [4.78, 5) is 23.2. The predicted octanol–water partition coefficient (Wildman–Crippen LogP) is 3.22. The van der Waals surface area contributed by atoms with E-state index in [1.165, 1.54) is 0 Å². The summed E-state index contributed by atoms with van der Waals surface area (Å²) in [6.07, 6.45) is 3.45. The van der Waals surface area contributed by atoms with Crippen molar-refractivity contribution < 1.29 is 9.53 Å². The number of carbonyl (C=O) groups is 1. The molecular formula is C20H21N5O2S. The summed E-state index contributed by atoms with van der Waals surface area (Å²) in [7, 11) is 0. The van der Waals surface area contributed by atoms with Crippen molar-refractivity contribution in [2.75, 3.05) is 43.5 Å². The first-order chi connectivity index (χ1) is 13.8. The molecule has 1 fully saturated rings. The minimum absolute atomic E-state index is 0.0287. The summed E-state index contributed by atoms with van der Waals surface area (Å²) in [5.41, 5.74) is 3.48. The van der Waals surface area contributed by atoms with Gasteiger partial charge in [0.1, 0.15) is 5.82 Å². The monoisotopic (exact) mass is 395 g/mol. The molecule has 0 bridgehead atoms. The Bertz CT molecular complexity index is 909. The lowest BCUT2D eigenvalue weighted by molar-refractivity contribution is -0.118. The highest BCUT2D eigenvalue weighted by Gasteiger charge is 2.14. The Balaban J connectivity index is 1.36. The zero-order valence-electron chi connectivity index (χ0n) is 15.3. The molecule has 1 amide bonds. The molecule has 0 saturated carbocycles. The maximum atomic E-state index is 12.3. The Morgan fingerprint density at radius 1 is 1.14 bits per heavy atom. The minimum atomic E-state index is -0.0287. The van der Waals surface area contributed by atoms with Crippen LogP contribution in [0.2, 0.25) is 0 Å². The summed E-state index contributed by atoms with van der Waals surface area (Å²) in [6.45, 7) is 3.30. The van der Waals surface area contributed by atoms with Crippen LogP contribution in [0.25, 0.3) is 11.3 Å². The van der Waals surface area contributed by atoms with Gasteiger partial charge >= 0.3 is 0 Å². The predicted molar refractivity (Wildman–Crippen MR) is 111 cm³/mol. The number of rotatable bonds is 6. The second kappa shape index (κ2) is 8.92. The van der Waals surface area contributed by atoms with E-state index in [2.05, 4.69) is 25.5 Å². The molecule has 28 heavy (non-hydrogen) atoms. The number of amides is 1. The van der Waals surface area contributed by atoms with E-state index >= 15 is 0 Å². The van der Waals surface area contributed by atoms with Gasteiger partial charge in [0.15, 0.2) is 0 Å². The number of carbonyl (C=O) groups excluding carboxylic acids is 1. The van der Waals surface area contributed by atoms with Crippen LogP contribution in [-0.2, 0) is 9.53 Å². The lowest BCUT2D eigenvalue weighted by atomic mass is 10.2. The van der Waals surface area contributed by atoms with Gasteiger partial charge in [-0.15, -0.1) is 0 Å². The van der Waals surface area contributed by atoms with Crippen LogP contribution in [0.5, 0.6) is 0 Å². The van der Waals surface area contributed by atoms with Crippen molar-refractivity contribution in [1.29, 1.82) is 0 Å². The lowest BCUT2D eigenvalue weighted by Gasteiger charge is -2.25. The second-order valence-corrected chi connectivity index (χ2v) is 7.22. The van der Waals surface area contributed by atoms with Crippen molar-refractivity contribution in [3.63, 3.8) is 0 Å². The van der Waals surface area contributed by atoms with Crippen LogP contribution in [0.15, 0.2) is 53.5 Å². The van der Waals surface area contributed by atoms with E-state index in [1.807, 2.05) is 41.1 Å². The van der Waals surface area contributed by atoms with E-state index in [1.54, 1.807) is 23.7 Å². The normalized spacial score (nSPS) is 14.6. The van der Waals surface area contributed by atoms with Crippen molar-refractivity contribution in [1.82, 2.24) is 14.9 Å². The van der Waals surface area contributed by atoms with Gasteiger partial charge < -0.3 is 15.4 Å². The molecule has 0 radical (unpaired) electrons. The number of nitrogens with zero attached hydrogens (tertiary/aromatic N) is 3. The minimum Gasteiger partial charge on any atom is -0.379 e. The Hall–Kier alpha value is -2.81. The molecule has 0 spiro atoms. The van der Waals surface area contributed by atoms with Crippen molar-refractivity contribution in [2.24, 2.45) is 0 Å². The van der Waals surface area contributed by atoms with E-state index in [0.717, 1.165) is 35.7 Å². The highest BCUT2D eigenvalue weighted by molar-refractivity contribution is 7.08. The molecule has 144 valence electrons. The summed E-state index contributed by atoms with van der Waals surface area (Å²) in [6, 6.07) is 9.58. The first-order valence-corrected chi connectivity index (χ1v) is 10.0. The first kappa shape index (κ1) is 18.5. The van der Waals surface area contributed by atoms with Gasteiger partial charge in [0, 0.05) is 35.4 Å². The summed E-state index contributed by atoms with van der Waals surface area (Å²) in [5, 5.41) is 10.2. The average Bonchev–Trinajstić information content (AvgIpc) is 3.24. The van der Waals surface area contributed by atoms with Crippen LogP contribution in [-0.4, -0.2) is 53.6 Å². The molecule has 0 unspecified atom stereocenters. The zero-order chi connectivity index (χ0) is 19.2. The van der Waals surface area contributed by atoms with Gasteiger partial charge in [0.2, 0.25) is 5.91 Å². The zero-order valence-corrected chi connectivity index (χ0v) is 16.1. The van der Waals surface area contributed by atoms with E-state index in [4.69, 9.17) is 4.74 Å². The van der Waals surface area contributed by atoms with Crippen LogP contribution in [0.4, 0.5) is 17.2 Å². The van der Waals surface area contributed by atoms with E-state index in [0.29, 0.717) is 25.6 Å². The van der Waals surface area contributed by atoms with Crippen molar-refractivity contribution in [3.8, 4) is 11.3 Å². The number of thiophene rings is 1. The molecule has 1 saturated heterocycles. The van der Waals surface area contributed by atoms with Gasteiger partial charge in [-0.1, -0.05) is 6.07 Å². The van der Waals surface area contributed by atoms with Gasteiger partial charge in [-0.25, -0.2) is 4.98 Å². The fourth-order valence-corrected chi connectivity index (χ4v) is 3.59. The van der Waals surface area contributed by atoms with Crippen molar-refractivity contribution in [3.05, 3.63) is 53.5 Å². The quantitative estimate of drug-likeness (QED) is 0.667. The van der Waals surface area contributed by atoms with Gasteiger partial charge in [-0.3, -0.25) is 14.7 Å². The maximum absolute atomic E-state index is 12.3. The molecule has 7 nitrogen and oxygen atoms in total. The second-order valence-electron chi connectivity index (χ2n) is 6.44. The maximum Gasteiger partial charge on any atom is 0.238 e. The van der Waals surface area contributed by atoms with E-state index in [9.17, 15) is 4.79 Å². The highest BCUT2D eigenvalue weighted by Crippen LogP contribution is 2.22. The molecule has 1 aromatic carbocycles. The van der Waals surface area contributed by atoms with Gasteiger partial charge in [0.25, 0.3) is 0 Å². The highest BCUT2D eigenvalue weighted by atomic mass is 32.1. The van der Waals surface area contributed by atoms with Crippen molar-refractivity contribution in [2.45, 2.75) is 0 Å². The average molecular weight is 395 g/mol. The lowest BCUT2D eigenvalue weighted by Crippen LogP contribution is -2.41. The summed E-state index contributed by atoms with van der Waals surface area (Å²) in [5.74, 6) is 0.620. The Kier molecular flexibility index (Phi) is 5.91. The van der Waals surface area contributed by atoms with Gasteiger partial charge in [-0.05, 0) is 29.6 Å². The van der Waals surface area contributed by atoms with Crippen LogP contribution >= 0.6 is 11.3 Å². The molecule has 3 heterocycles. The molecule has 4 rings (SSSR count). The summed E-state index contributed by atoms with van der Waals surface area (Å²) >= 11 is 1.63. The van der Waals surface area contributed by atoms with Crippen LogP contribution in [0, 0.1) is 0 Å². The third-order valence-corrected chi connectivity index (χ3v) is 5.04. The number of hydrogen-bond donors (Lipinski definition) is 2. The number of nitrogens with one attached hydrogen (secondary N) is 2. The fourth-order valence-electron chi connectivity index (χ4n) is 2.94. The van der Waals surface area contributed by atoms with E-state index < -0.39 is 0 Å². The number of hydrogen-bond acceptors (Lipinski definition) is 7. The topological polar surface area (TPSA) is 79.4 Å². The molecule has 3 aromatic rings. The molecule has 8 heteroatoms. The van der Waals surface area contributed by atoms with Crippen LogP contribution in [0.1, 0.15) is 0 Å². The molecule has 1 aliphatic heterocycles. The number of morpholine rings is 1. The Labute approximate surface area is 167 Å².